The van der Waals surface area contributed by atoms with Gasteiger partial charge in [-0.05, 0) is 44.7 Å². The number of carboxylic acid groups (broad SMARTS) is 1. The summed E-state index contributed by atoms with van der Waals surface area (Å²) in [5, 5.41) is 11.8. The molecule has 114 valence electrons. The highest BCUT2D eigenvalue weighted by molar-refractivity contribution is 5.91. The molecular formula is C16H22N2O3. The van der Waals surface area contributed by atoms with Gasteiger partial charge in [0.2, 0.25) is 0 Å². The predicted octanol–water partition coefficient (Wildman–Crippen LogP) is 3.11. The average molecular weight is 290 g/mol. The molecule has 5 heteroatoms. The van der Waals surface area contributed by atoms with E-state index in [1.165, 1.54) is 0 Å². The van der Waals surface area contributed by atoms with Gasteiger partial charge in [-0.25, -0.2) is 4.79 Å². The summed E-state index contributed by atoms with van der Waals surface area (Å²) >= 11 is 0. The minimum absolute atomic E-state index is 0.0957. The zero-order chi connectivity index (χ0) is 15.4. The van der Waals surface area contributed by atoms with Gasteiger partial charge in [0.1, 0.15) is 0 Å². The van der Waals surface area contributed by atoms with Crippen LogP contribution in [-0.2, 0) is 11.2 Å². The molecule has 1 aromatic carbocycles. The molecular weight excluding hydrogens is 268 g/mol. The van der Waals surface area contributed by atoms with Gasteiger partial charge in [0.25, 0.3) is 0 Å². The lowest BCUT2D eigenvalue weighted by Gasteiger charge is -2.39. The lowest BCUT2D eigenvalue weighted by molar-refractivity contribution is -0.136. The molecule has 1 fully saturated rings. The molecule has 5 nitrogen and oxygen atoms in total. The second kappa shape index (κ2) is 6.61. The number of carbonyl (C=O) groups is 2. The van der Waals surface area contributed by atoms with Crippen molar-refractivity contribution in [1.29, 1.82) is 0 Å². The largest absolute Gasteiger partial charge is 0.481 e. The maximum Gasteiger partial charge on any atom is 0.322 e. The van der Waals surface area contributed by atoms with Crippen LogP contribution < -0.4 is 5.32 Å². The van der Waals surface area contributed by atoms with Gasteiger partial charge in [-0.3, -0.25) is 4.79 Å². The molecule has 2 amide bonds. The molecule has 0 aliphatic carbocycles. The zero-order valence-corrected chi connectivity index (χ0v) is 12.5. The van der Waals surface area contributed by atoms with Gasteiger partial charge in [-0.1, -0.05) is 18.2 Å². The fourth-order valence-corrected chi connectivity index (χ4v) is 2.96. The van der Waals surface area contributed by atoms with E-state index in [9.17, 15) is 9.59 Å². The summed E-state index contributed by atoms with van der Waals surface area (Å²) in [6, 6.07) is 7.32. The number of rotatable bonds is 3. The van der Waals surface area contributed by atoms with Crippen LogP contribution in [0.3, 0.4) is 0 Å². The van der Waals surface area contributed by atoms with Crippen molar-refractivity contribution < 1.29 is 14.7 Å². The Morgan fingerprint density at radius 3 is 2.48 bits per heavy atom. The number of carboxylic acids is 1. The average Bonchev–Trinajstić information content (AvgIpc) is 2.40. The summed E-state index contributed by atoms with van der Waals surface area (Å²) in [6.07, 6.45) is 3.06. The lowest BCUT2D eigenvalue weighted by atomic mass is 9.98. The zero-order valence-electron chi connectivity index (χ0n) is 12.5. The first-order valence-corrected chi connectivity index (χ1v) is 7.38. The molecule has 1 aliphatic rings. The Labute approximate surface area is 125 Å². The van der Waals surface area contributed by atoms with E-state index in [-0.39, 0.29) is 24.5 Å². The van der Waals surface area contributed by atoms with Crippen LogP contribution in [0.25, 0.3) is 0 Å². The fraction of sp³-hybridized carbons (Fsp3) is 0.500. The second-order valence-corrected chi connectivity index (χ2v) is 5.69. The van der Waals surface area contributed by atoms with Crippen molar-refractivity contribution in [2.75, 3.05) is 5.32 Å². The van der Waals surface area contributed by atoms with E-state index in [0.29, 0.717) is 11.3 Å². The number of anilines is 1. The van der Waals surface area contributed by atoms with E-state index < -0.39 is 5.97 Å². The number of benzene rings is 1. The van der Waals surface area contributed by atoms with Gasteiger partial charge in [-0.15, -0.1) is 0 Å². The maximum absolute atomic E-state index is 12.5. The lowest BCUT2D eigenvalue weighted by Crippen LogP contribution is -2.49. The molecule has 0 spiro atoms. The summed E-state index contributed by atoms with van der Waals surface area (Å²) in [5.41, 5.74) is 1.20. The summed E-state index contributed by atoms with van der Waals surface area (Å²) in [5.74, 6) is -0.906. The molecule has 2 rings (SSSR count). The van der Waals surface area contributed by atoms with E-state index in [1.807, 2.05) is 4.90 Å². The number of amides is 2. The van der Waals surface area contributed by atoms with Crippen molar-refractivity contribution in [3.63, 3.8) is 0 Å². The third-order valence-electron chi connectivity index (χ3n) is 4.03. The summed E-state index contributed by atoms with van der Waals surface area (Å²) in [4.78, 5) is 25.2. The summed E-state index contributed by atoms with van der Waals surface area (Å²) in [6.45, 7) is 4.11. The van der Waals surface area contributed by atoms with Crippen LogP contribution in [0.2, 0.25) is 0 Å². The molecule has 0 unspecified atom stereocenters. The third kappa shape index (κ3) is 3.74. The van der Waals surface area contributed by atoms with Crippen molar-refractivity contribution in [3.8, 4) is 0 Å². The van der Waals surface area contributed by atoms with E-state index >= 15 is 0 Å². The van der Waals surface area contributed by atoms with Crippen molar-refractivity contribution in [1.82, 2.24) is 4.90 Å². The van der Waals surface area contributed by atoms with Crippen molar-refractivity contribution in [2.45, 2.75) is 51.6 Å². The Bertz CT molecular complexity index is 520. The maximum atomic E-state index is 12.5. The molecule has 0 aromatic heterocycles. The Morgan fingerprint density at radius 1 is 1.24 bits per heavy atom. The molecule has 1 saturated heterocycles. The Hall–Kier alpha value is -2.04. The number of hydrogen-bond donors (Lipinski definition) is 2. The number of carbonyl (C=O) groups excluding carboxylic acids is 1. The molecule has 0 radical (unpaired) electrons. The van der Waals surface area contributed by atoms with Gasteiger partial charge in [-0.2, -0.15) is 0 Å². The third-order valence-corrected chi connectivity index (χ3v) is 4.03. The number of aliphatic carboxylic acids is 1. The first-order valence-electron chi connectivity index (χ1n) is 7.38. The van der Waals surface area contributed by atoms with Crippen LogP contribution in [0, 0.1) is 0 Å². The first-order chi connectivity index (χ1) is 9.99. The van der Waals surface area contributed by atoms with Crippen molar-refractivity contribution >= 4 is 17.7 Å². The summed E-state index contributed by atoms with van der Waals surface area (Å²) < 4.78 is 0. The standard InChI is InChI=1S/C16H22N2O3/c1-11-6-5-7-12(2)18(11)16(21)17-14-9-4-3-8-13(14)10-15(19)20/h3-4,8-9,11-12H,5-7,10H2,1-2H3,(H,17,21)(H,19,20)/t11-,12+. The van der Waals surface area contributed by atoms with Gasteiger partial charge in [0.05, 0.1) is 6.42 Å². The van der Waals surface area contributed by atoms with Gasteiger partial charge >= 0.3 is 12.0 Å². The highest BCUT2D eigenvalue weighted by Gasteiger charge is 2.29. The number of nitrogens with one attached hydrogen (secondary N) is 1. The normalized spacial score (nSPS) is 21.9. The predicted molar refractivity (Wildman–Crippen MR) is 81.4 cm³/mol. The monoisotopic (exact) mass is 290 g/mol. The molecule has 2 atom stereocenters. The SMILES string of the molecule is C[C@@H]1CCC[C@H](C)N1C(=O)Nc1ccccc1CC(=O)O. The molecule has 0 saturated carbocycles. The minimum Gasteiger partial charge on any atom is -0.481 e. The number of hydrogen-bond acceptors (Lipinski definition) is 2. The van der Waals surface area contributed by atoms with Crippen LogP contribution in [-0.4, -0.2) is 34.1 Å². The van der Waals surface area contributed by atoms with Crippen LogP contribution in [0.1, 0.15) is 38.7 Å². The van der Waals surface area contributed by atoms with Gasteiger partial charge in [0, 0.05) is 17.8 Å². The topological polar surface area (TPSA) is 69.6 Å². The molecule has 21 heavy (non-hydrogen) atoms. The van der Waals surface area contributed by atoms with E-state index in [2.05, 4.69) is 19.2 Å². The number of piperidine rings is 1. The Kier molecular flexibility index (Phi) is 4.83. The number of likely N-dealkylation sites (tertiary alicyclic amines) is 1. The highest BCUT2D eigenvalue weighted by atomic mass is 16.4. The van der Waals surface area contributed by atoms with Crippen LogP contribution in [0.4, 0.5) is 10.5 Å². The number of urea groups is 1. The number of para-hydroxylation sites is 1. The molecule has 1 aliphatic heterocycles. The van der Waals surface area contributed by atoms with Crippen LogP contribution in [0.5, 0.6) is 0 Å². The molecule has 1 heterocycles. The molecule has 0 bridgehead atoms. The fourth-order valence-electron chi connectivity index (χ4n) is 2.96. The number of nitrogens with zero attached hydrogens (tertiary/aromatic N) is 1. The molecule has 2 N–H and O–H groups in total. The van der Waals surface area contributed by atoms with E-state index in [1.54, 1.807) is 24.3 Å². The first kappa shape index (κ1) is 15.4. The van der Waals surface area contributed by atoms with Crippen molar-refractivity contribution in [3.05, 3.63) is 29.8 Å². The van der Waals surface area contributed by atoms with E-state index in [4.69, 9.17) is 5.11 Å². The molecule has 1 aromatic rings. The summed E-state index contributed by atoms with van der Waals surface area (Å²) in [7, 11) is 0. The van der Waals surface area contributed by atoms with E-state index in [0.717, 1.165) is 19.3 Å². The highest BCUT2D eigenvalue weighted by Crippen LogP contribution is 2.24. The van der Waals surface area contributed by atoms with Gasteiger partial charge in [0.15, 0.2) is 0 Å². The second-order valence-electron chi connectivity index (χ2n) is 5.69. The Morgan fingerprint density at radius 2 is 1.86 bits per heavy atom. The van der Waals surface area contributed by atoms with Crippen LogP contribution >= 0.6 is 0 Å². The smallest absolute Gasteiger partial charge is 0.322 e. The minimum atomic E-state index is -0.906. The van der Waals surface area contributed by atoms with Gasteiger partial charge < -0.3 is 15.3 Å². The van der Waals surface area contributed by atoms with Crippen LogP contribution in [0.15, 0.2) is 24.3 Å². The van der Waals surface area contributed by atoms with Crippen molar-refractivity contribution in [2.24, 2.45) is 0 Å². The Balaban J connectivity index is 2.13. The quantitative estimate of drug-likeness (QED) is 0.898.